The zero-order chi connectivity index (χ0) is 13.9. The zero-order valence-corrected chi connectivity index (χ0v) is 12.6. The van der Waals surface area contributed by atoms with Gasteiger partial charge in [-0.2, -0.15) is 0 Å². The molecule has 0 radical (unpaired) electrons. The second-order valence-electron chi connectivity index (χ2n) is 5.45. The molecule has 0 saturated carbocycles. The van der Waals surface area contributed by atoms with Gasteiger partial charge < -0.3 is 15.0 Å². The number of hydrogen-bond acceptors (Lipinski definition) is 3. The van der Waals surface area contributed by atoms with E-state index in [0.717, 1.165) is 19.6 Å². The number of carbonyl (C=O) groups excluding carboxylic acids is 1. The summed E-state index contributed by atoms with van der Waals surface area (Å²) in [6.45, 7) is 8.13. The molecule has 1 rings (SSSR count). The van der Waals surface area contributed by atoms with Crippen LogP contribution in [0.15, 0.2) is 0 Å². The first kappa shape index (κ1) is 16.4. The lowest BCUT2D eigenvalue weighted by atomic mass is 10.1. The Kier molecular flexibility index (Phi) is 8.84. The van der Waals surface area contributed by atoms with Gasteiger partial charge in [-0.25, -0.2) is 0 Å². The molecule has 1 atom stereocenters. The van der Waals surface area contributed by atoms with Crippen LogP contribution < -0.4 is 5.32 Å². The Morgan fingerprint density at radius 1 is 1.26 bits per heavy atom. The predicted octanol–water partition coefficient (Wildman–Crippen LogP) is 2.18. The molecule has 0 bridgehead atoms. The molecular formula is C15H30N2O2. The van der Waals surface area contributed by atoms with E-state index in [2.05, 4.69) is 19.2 Å². The summed E-state index contributed by atoms with van der Waals surface area (Å²) in [6, 6.07) is 0.523. The molecule has 1 N–H and O–H groups in total. The third-order valence-electron chi connectivity index (χ3n) is 3.69. The van der Waals surface area contributed by atoms with Gasteiger partial charge in [0.25, 0.3) is 0 Å². The monoisotopic (exact) mass is 270 g/mol. The minimum Gasteiger partial charge on any atom is -0.378 e. The molecule has 1 aliphatic heterocycles. The highest BCUT2D eigenvalue weighted by Gasteiger charge is 2.16. The lowest BCUT2D eigenvalue weighted by molar-refractivity contribution is -0.135. The molecule has 0 aromatic rings. The second kappa shape index (κ2) is 10.2. The van der Waals surface area contributed by atoms with Crippen LogP contribution >= 0.6 is 0 Å². The number of nitrogens with one attached hydrogen (secondary N) is 1. The number of carbonyl (C=O) groups is 1. The maximum atomic E-state index is 11.9. The topological polar surface area (TPSA) is 41.6 Å². The third-order valence-corrected chi connectivity index (χ3v) is 3.69. The molecule has 4 heteroatoms. The van der Waals surface area contributed by atoms with Crippen LogP contribution in [0.3, 0.4) is 0 Å². The molecule has 4 nitrogen and oxygen atoms in total. The molecule has 0 aliphatic carbocycles. The predicted molar refractivity (Wildman–Crippen MR) is 78.2 cm³/mol. The molecule has 1 heterocycles. The number of amides is 1. The van der Waals surface area contributed by atoms with Crippen LogP contribution in [0.2, 0.25) is 0 Å². The van der Waals surface area contributed by atoms with Gasteiger partial charge >= 0.3 is 0 Å². The summed E-state index contributed by atoms with van der Waals surface area (Å²) in [5, 5.41) is 3.45. The van der Waals surface area contributed by atoms with Gasteiger partial charge in [-0.15, -0.1) is 0 Å². The van der Waals surface area contributed by atoms with E-state index >= 15 is 0 Å². The number of morpholine rings is 1. The van der Waals surface area contributed by atoms with Crippen molar-refractivity contribution in [2.75, 3.05) is 32.8 Å². The van der Waals surface area contributed by atoms with E-state index < -0.39 is 0 Å². The quantitative estimate of drug-likeness (QED) is 0.653. The van der Waals surface area contributed by atoms with Crippen LogP contribution in [0.4, 0.5) is 0 Å². The highest BCUT2D eigenvalue weighted by atomic mass is 16.5. The molecule has 1 saturated heterocycles. The average Bonchev–Trinajstić information content (AvgIpc) is 2.44. The molecular weight excluding hydrogens is 240 g/mol. The van der Waals surface area contributed by atoms with Crippen LogP contribution in [-0.2, 0) is 9.53 Å². The Morgan fingerprint density at radius 2 is 2.00 bits per heavy atom. The SMILES string of the molecule is CCCCCCC(C)NCCC(=O)N1CCOCC1. The van der Waals surface area contributed by atoms with Gasteiger partial charge in [-0.05, 0) is 13.3 Å². The Labute approximate surface area is 117 Å². The lowest BCUT2D eigenvalue weighted by Gasteiger charge is -2.27. The van der Waals surface area contributed by atoms with E-state index in [-0.39, 0.29) is 5.91 Å². The summed E-state index contributed by atoms with van der Waals surface area (Å²) in [4.78, 5) is 13.8. The number of ether oxygens (including phenoxy) is 1. The van der Waals surface area contributed by atoms with Crippen LogP contribution in [-0.4, -0.2) is 49.7 Å². The Bertz CT molecular complexity index is 240. The summed E-state index contributed by atoms with van der Waals surface area (Å²) in [5.41, 5.74) is 0. The summed E-state index contributed by atoms with van der Waals surface area (Å²) in [5.74, 6) is 0.258. The van der Waals surface area contributed by atoms with Crippen molar-refractivity contribution >= 4 is 5.91 Å². The molecule has 0 aromatic carbocycles. The fraction of sp³-hybridized carbons (Fsp3) is 0.933. The third kappa shape index (κ3) is 7.53. The Morgan fingerprint density at radius 3 is 2.68 bits per heavy atom. The molecule has 0 aromatic heterocycles. The summed E-state index contributed by atoms with van der Waals surface area (Å²) in [6.07, 6.45) is 7.07. The van der Waals surface area contributed by atoms with E-state index in [0.29, 0.717) is 25.7 Å². The van der Waals surface area contributed by atoms with Gasteiger partial charge in [0.2, 0.25) is 5.91 Å². The first-order chi connectivity index (χ1) is 9.24. The maximum Gasteiger partial charge on any atom is 0.224 e. The van der Waals surface area contributed by atoms with Crippen molar-refractivity contribution in [2.45, 2.75) is 58.4 Å². The summed E-state index contributed by atoms with van der Waals surface area (Å²) >= 11 is 0. The standard InChI is InChI=1S/C15H30N2O2/c1-3-4-5-6-7-14(2)16-9-8-15(18)17-10-12-19-13-11-17/h14,16H,3-13H2,1-2H3. The van der Waals surface area contributed by atoms with Crippen molar-refractivity contribution in [1.82, 2.24) is 10.2 Å². The number of hydrogen-bond donors (Lipinski definition) is 1. The van der Waals surface area contributed by atoms with Crippen molar-refractivity contribution in [2.24, 2.45) is 0 Å². The minimum atomic E-state index is 0.258. The van der Waals surface area contributed by atoms with Gasteiger partial charge in [0.05, 0.1) is 13.2 Å². The van der Waals surface area contributed by atoms with Crippen molar-refractivity contribution in [3.05, 3.63) is 0 Å². The van der Waals surface area contributed by atoms with Crippen LogP contribution in [0.25, 0.3) is 0 Å². The van der Waals surface area contributed by atoms with E-state index in [1.165, 1.54) is 32.1 Å². The first-order valence-electron chi connectivity index (χ1n) is 7.83. The van der Waals surface area contributed by atoms with Crippen molar-refractivity contribution < 1.29 is 9.53 Å². The van der Waals surface area contributed by atoms with E-state index in [9.17, 15) is 4.79 Å². The van der Waals surface area contributed by atoms with E-state index in [1.807, 2.05) is 4.90 Å². The molecule has 112 valence electrons. The molecule has 0 spiro atoms. The summed E-state index contributed by atoms with van der Waals surface area (Å²) < 4.78 is 5.25. The molecule has 1 amide bonds. The summed E-state index contributed by atoms with van der Waals surface area (Å²) in [7, 11) is 0. The first-order valence-corrected chi connectivity index (χ1v) is 7.83. The minimum absolute atomic E-state index is 0.258. The molecule has 1 fully saturated rings. The van der Waals surface area contributed by atoms with Crippen molar-refractivity contribution in [1.29, 1.82) is 0 Å². The fourth-order valence-corrected chi connectivity index (χ4v) is 2.38. The number of nitrogens with zero attached hydrogens (tertiary/aromatic N) is 1. The smallest absolute Gasteiger partial charge is 0.224 e. The van der Waals surface area contributed by atoms with Crippen LogP contribution in [0, 0.1) is 0 Å². The molecule has 1 unspecified atom stereocenters. The molecule has 19 heavy (non-hydrogen) atoms. The number of rotatable bonds is 9. The normalized spacial score (nSPS) is 17.5. The van der Waals surface area contributed by atoms with E-state index in [1.54, 1.807) is 0 Å². The second-order valence-corrected chi connectivity index (χ2v) is 5.45. The maximum absolute atomic E-state index is 11.9. The average molecular weight is 270 g/mol. The van der Waals surface area contributed by atoms with Gasteiger partial charge in [0.1, 0.15) is 0 Å². The van der Waals surface area contributed by atoms with Gasteiger partial charge in [0, 0.05) is 32.1 Å². The van der Waals surface area contributed by atoms with E-state index in [4.69, 9.17) is 4.74 Å². The Hall–Kier alpha value is -0.610. The van der Waals surface area contributed by atoms with Crippen molar-refractivity contribution in [3.63, 3.8) is 0 Å². The van der Waals surface area contributed by atoms with Crippen LogP contribution in [0.5, 0.6) is 0 Å². The molecule has 1 aliphatic rings. The van der Waals surface area contributed by atoms with Gasteiger partial charge in [-0.1, -0.05) is 32.6 Å². The lowest BCUT2D eigenvalue weighted by Crippen LogP contribution is -2.42. The number of unbranched alkanes of at least 4 members (excludes halogenated alkanes) is 3. The van der Waals surface area contributed by atoms with Crippen molar-refractivity contribution in [3.8, 4) is 0 Å². The zero-order valence-electron chi connectivity index (χ0n) is 12.6. The highest BCUT2D eigenvalue weighted by Crippen LogP contribution is 2.05. The Balaban J connectivity index is 2.00. The van der Waals surface area contributed by atoms with Gasteiger partial charge in [0.15, 0.2) is 0 Å². The largest absolute Gasteiger partial charge is 0.378 e. The fourth-order valence-electron chi connectivity index (χ4n) is 2.38. The van der Waals surface area contributed by atoms with Gasteiger partial charge in [-0.3, -0.25) is 4.79 Å². The highest BCUT2D eigenvalue weighted by molar-refractivity contribution is 5.76. The van der Waals surface area contributed by atoms with Crippen LogP contribution in [0.1, 0.15) is 52.4 Å².